The van der Waals surface area contributed by atoms with E-state index in [4.69, 9.17) is 0 Å². The molecule has 0 aliphatic heterocycles. The van der Waals surface area contributed by atoms with Crippen molar-refractivity contribution < 1.29 is 13.3 Å². The fourth-order valence-corrected chi connectivity index (χ4v) is 1.91. The van der Waals surface area contributed by atoms with Crippen molar-refractivity contribution in [1.82, 2.24) is 0 Å². The summed E-state index contributed by atoms with van der Waals surface area (Å²) in [5.41, 5.74) is -0.0329. The Hall–Kier alpha value is -0.460. The van der Waals surface area contributed by atoms with Gasteiger partial charge in [0.15, 0.2) is 11.6 Å². The average Bonchev–Trinajstić information content (AvgIpc) is 2.19. The van der Waals surface area contributed by atoms with Crippen molar-refractivity contribution >= 4 is 33.5 Å². The first-order valence-electron chi connectivity index (χ1n) is 4.82. The van der Waals surface area contributed by atoms with E-state index in [0.717, 1.165) is 12.3 Å². The highest BCUT2D eigenvalue weighted by Gasteiger charge is 2.26. The van der Waals surface area contributed by atoms with Crippen molar-refractivity contribution in [1.29, 1.82) is 0 Å². The van der Waals surface area contributed by atoms with Gasteiger partial charge in [0.25, 0.3) is 0 Å². The summed E-state index contributed by atoms with van der Waals surface area (Å²) in [4.78, 5) is 0. The van der Waals surface area contributed by atoms with E-state index >= 15 is 0 Å². The van der Waals surface area contributed by atoms with Crippen molar-refractivity contribution in [3.8, 4) is 0 Å². The molecule has 0 amide bonds. The van der Waals surface area contributed by atoms with E-state index in [1.54, 1.807) is 20.8 Å². The second-order valence-corrected chi connectivity index (χ2v) is 7.24. The summed E-state index contributed by atoms with van der Waals surface area (Å²) in [7, 11) is 0. The normalized spacial score (nSPS) is 14.3. The van der Waals surface area contributed by atoms with E-state index in [-0.39, 0.29) is 5.56 Å². The molecule has 1 aromatic rings. The first kappa shape index (κ1) is 14.6. The molecule has 2 nitrogen and oxygen atoms in total. The summed E-state index contributed by atoms with van der Waals surface area (Å²) in [6.45, 7) is 5.24. The molecule has 0 heterocycles. The van der Waals surface area contributed by atoms with Crippen molar-refractivity contribution in [3.05, 3.63) is 33.8 Å². The third-order valence-electron chi connectivity index (χ3n) is 1.83. The molecule has 1 rings (SSSR count). The Labute approximate surface area is 111 Å². The largest absolute Gasteiger partial charge is 0.591 e. The van der Waals surface area contributed by atoms with Crippen LogP contribution in [0.3, 0.4) is 0 Å². The molecule has 94 valence electrons. The van der Waals surface area contributed by atoms with Crippen LogP contribution in [0.2, 0.25) is 0 Å². The summed E-state index contributed by atoms with van der Waals surface area (Å²) in [5.74, 6) is -1.97. The average molecular weight is 324 g/mol. The van der Waals surface area contributed by atoms with Gasteiger partial charge in [0, 0.05) is 10.0 Å². The number of nitrogens with zero attached hydrogens (tertiary/aromatic N) is 1. The molecule has 0 saturated carbocycles. The Kier molecular flexibility index (Phi) is 4.69. The molecule has 0 saturated heterocycles. The van der Waals surface area contributed by atoms with E-state index in [1.165, 1.54) is 6.07 Å². The van der Waals surface area contributed by atoms with Crippen LogP contribution in [0.25, 0.3) is 0 Å². The minimum Gasteiger partial charge on any atom is -0.591 e. The molecule has 0 aromatic heterocycles. The maximum absolute atomic E-state index is 13.3. The summed E-state index contributed by atoms with van der Waals surface area (Å²) >= 11 is 1.56. The standard InChI is InChI=1S/C11H12BrF2NOS/c1-11(2,3)17(16)15-6-7-4-8(12)5-9(13)10(7)14/h4-6H,1-3H3/b15-6+/t17-/m1/s1. The van der Waals surface area contributed by atoms with Gasteiger partial charge in [0.1, 0.15) is 16.1 Å². The predicted molar refractivity (Wildman–Crippen MR) is 69.5 cm³/mol. The number of halogens is 3. The van der Waals surface area contributed by atoms with E-state index in [0.29, 0.717) is 4.47 Å². The zero-order valence-electron chi connectivity index (χ0n) is 9.63. The quantitative estimate of drug-likeness (QED) is 0.465. The Morgan fingerprint density at radius 3 is 2.47 bits per heavy atom. The molecule has 0 aliphatic rings. The minimum absolute atomic E-state index is 0.0329. The molecule has 0 bridgehead atoms. The first-order chi connectivity index (χ1) is 7.71. The monoisotopic (exact) mass is 323 g/mol. The summed E-state index contributed by atoms with van der Waals surface area (Å²) in [5, 5.41) is 0. The molecule has 0 radical (unpaired) electrons. The molecule has 0 aliphatic carbocycles. The second kappa shape index (κ2) is 5.46. The van der Waals surface area contributed by atoms with Gasteiger partial charge in [-0.15, -0.1) is 0 Å². The van der Waals surface area contributed by atoms with Gasteiger partial charge in [0.05, 0.1) is 6.21 Å². The molecule has 1 aromatic carbocycles. The third-order valence-corrected chi connectivity index (χ3v) is 3.63. The maximum atomic E-state index is 13.3. The molecule has 6 heteroatoms. The lowest BCUT2D eigenvalue weighted by Gasteiger charge is -2.17. The highest BCUT2D eigenvalue weighted by atomic mass is 79.9. The highest BCUT2D eigenvalue weighted by Crippen LogP contribution is 2.20. The Balaban J connectivity index is 3.00. The molecular weight excluding hydrogens is 312 g/mol. The van der Waals surface area contributed by atoms with Crippen LogP contribution in [0.5, 0.6) is 0 Å². The summed E-state index contributed by atoms with van der Waals surface area (Å²) in [6.07, 6.45) is 1.09. The molecule has 1 atom stereocenters. The number of hydrogen-bond donors (Lipinski definition) is 0. The van der Waals surface area contributed by atoms with Crippen LogP contribution in [-0.2, 0) is 11.4 Å². The topological polar surface area (TPSA) is 35.4 Å². The van der Waals surface area contributed by atoms with Gasteiger partial charge in [-0.3, -0.25) is 0 Å². The van der Waals surface area contributed by atoms with Gasteiger partial charge in [-0.1, -0.05) is 20.3 Å². The van der Waals surface area contributed by atoms with Crippen molar-refractivity contribution in [3.63, 3.8) is 0 Å². The molecule has 0 N–H and O–H groups in total. The second-order valence-electron chi connectivity index (χ2n) is 4.39. The van der Waals surface area contributed by atoms with Gasteiger partial charge in [-0.05, 0) is 32.9 Å². The van der Waals surface area contributed by atoms with E-state index in [9.17, 15) is 13.3 Å². The van der Waals surface area contributed by atoms with Crippen molar-refractivity contribution in [2.45, 2.75) is 25.5 Å². The van der Waals surface area contributed by atoms with E-state index in [2.05, 4.69) is 20.3 Å². The van der Waals surface area contributed by atoms with Gasteiger partial charge >= 0.3 is 0 Å². The molecule has 0 spiro atoms. The molecule has 0 unspecified atom stereocenters. The summed E-state index contributed by atoms with van der Waals surface area (Å²) in [6, 6.07) is 2.40. The van der Waals surface area contributed by atoms with Gasteiger partial charge in [-0.2, -0.15) is 0 Å². The van der Waals surface area contributed by atoms with Crippen LogP contribution in [0, 0.1) is 11.6 Å². The maximum Gasteiger partial charge on any atom is 0.167 e. The van der Waals surface area contributed by atoms with Crippen LogP contribution in [-0.4, -0.2) is 15.5 Å². The van der Waals surface area contributed by atoms with Crippen molar-refractivity contribution in [2.24, 2.45) is 4.40 Å². The van der Waals surface area contributed by atoms with Gasteiger partial charge in [0.2, 0.25) is 0 Å². The van der Waals surface area contributed by atoms with E-state index < -0.39 is 27.7 Å². The Bertz CT molecular complexity index is 446. The first-order valence-corrected chi connectivity index (χ1v) is 6.72. The highest BCUT2D eigenvalue weighted by molar-refractivity contribution is 9.10. The molecular formula is C11H12BrF2NOS. The summed E-state index contributed by atoms with van der Waals surface area (Å²) < 4.78 is 41.6. The fraction of sp³-hybridized carbons (Fsp3) is 0.364. The number of benzene rings is 1. The number of hydrogen-bond acceptors (Lipinski definition) is 2. The smallest absolute Gasteiger partial charge is 0.167 e. The zero-order valence-corrected chi connectivity index (χ0v) is 12.0. The minimum atomic E-state index is -1.49. The Morgan fingerprint density at radius 2 is 1.94 bits per heavy atom. The lowest BCUT2D eigenvalue weighted by atomic mass is 10.2. The van der Waals surface area contributed by atoms with E-state index in [1.807, 2.05) is 0 Å². The third kappa shape index (κ3) is 4.04. The van der Waals surface area contributed by atoms with Gasteiger partial charge < -0.3 is 4.55 Å². The number of rotatable bonds is 2. The van der Waals surface area contributed by atoms with Crippen LogP contribution in [0.4, 0.5) is 8.78 Å². The molecule has 17 heavy (non-hydrogen) atoms. The van der Waals surface area contributed by atoms with Crippen molar-refractivity contribution in [2.75, 3.05) is 0 Å². The predicted octanol–water partition coefficient (Wildman–Crippen LogP) is 3.61. The zero-order chi connectivity index (χ0) is 13.2. The molecule has 0 fully saturated rings. The van der Waals surface area contributed by atoms with Crippen LogP contribution < -0.4 is 0 Å². The fourth-order valence-electron chi connectivity index (χ4n) is 0.933. The van der Waals surface area contributed by atoms with Gasteiger partial charge in [-0.25, -0.2) is 8.78 Å². The van der Waals surface area contributed by atoms with Crippen LogP contribution >= 0.6 is 15.9 Å². The Morgan fingerprint density at radius 1 is 1.35 bits per heavy atom. The van der Waals surface area contributed by atoms with Crippen LogP contribution in [0.15, 0.2) is 21.0 Å². The van der Waals surface area contributed by atoms with Crippen LogP contribution in [0.1, 0.15) is 26.3 Å². The lowest BCUT2D eigenvalue weighted by Crippen LogP contribution is -2.25. The lowest BCUT2D eigenvalue weighted by molar-refractivity contribution is 0.507. The SMILES string of the molecule is CC(C)(C)[S@@+]([O-])/N=C/c1cc(Br)cc(F)c1F.